The maximum atomic E-state index is 12.2. The number of alkyl halides is 3. The molecule has 1 heterocycles. The van der Waals surface area contributed by atoms with Gasteiger partial charge in [-0.25, -0.2) is 9.59 Å². The zero-order valence-corrected chi connectivity index (χ0v) is 15.2. The van der Waals surface area contributed by atoms with Crippen LogP contribution in [0.25, 0.3) is 0 Å². The van der Waals surface area contributed by atoms with Crippen molar-refractivity contribution in [2.24, 2.45) is 0 Å². The van der Waals surface area contributed by atoms with E-state index in [-0.39, 0.29) is 12.5 Å². The van der Waals surface area contributed by atoms with Crippen molar-refractivity contribution < 1.29 is 37.4 Å². The van der Waals surface area contributed by atoms with Gasteiger partial charge in [0, 0.05) is 26.2 Å². The number of halogens is 3. The summed E-state index contributed by atoms with van der Waals surface area (Å²) < 4.78 is 37.0. The second-order valence-electron chi connectivity index (χ2n) is 5.65. The Hall–Kier alpha value is -2.82. The molecule has 2 amide bonds. The minimum Gasteiger partial charge on any atom is -0.475 e. The Kier molecular flexibility index (Phi) is 9.22. The first-order valence-electron chi connectivity index (χ1n) is 8.42. The Labute approximate surface area is 159 Å². The fourth-order valence-corrected chi connectivity index (χ4v) is 2.25. The van der Waals surface area contributed by atoms with Crippen LogP contribution in [0, 0.1) is 0 Å². The number of carboxylic acid groups (broad SMARTS) is 1. The van der Waals surface area contributed by atoms with Gasteiger partial charge in [0.25, 0.3) is 0 Å². The van der Waals surface area contributed by atoms with Gasteiger partial charge < -0.3 is 20.5 Å². The number of nitrogens with zero attached hydrogens (tertiary/aromatic N) is 1. The molecule has 1 fully saturated rings. The zero-order valence-electron chi connectivity index (χ0n) is 15.2. The molecule has 0 radical (unpaired) electrons. The number of carboxylic acids is 1. The topological polar surface area (TPSA) is 108 Å². The quantitative estimate of drug-likeness (QED) is 0.698. The largest absolute Gasteiger partial charge is 0.490 e. The van der Waals surface area contributed by atoms with Crippen molar-refractivity contribution in [2.45, 2.75) is 25.7 Å². The third-order valence-electron chi connectivity index (χ3n) is 3.58. The van der Waals surface area contributed by atoms with Gasteiger partial charge in [-0.3, -0.25) is 9.69 Å². The van der Waals surface area contributed by atoms with Crippen LogP contribution in [-0.4, -0.2) is 66.4 Å². The van der Waals surface area contributed by atoms with Gasteiger partial charge >= 0.3 is 18.2 Å². The molecule has 156 valence electrons. The number of carbonyl (C=O) groups is 3. The van der Waals surface area contributed by atoms with Crippen molar-refractivity contribution in [1.82, 2.24) is 15.5 Å². The number of carbonyl (C=O) groups excluding carboxylic acids is 2. The summed E-state index contributed by atoms with van der Waals surface area (Å²) in [4.78, 5) is 34.6. The number of benzene rings is 1. The maximum Gasteiger partial charge on any atom is 0.490 e. The Bertz CT molecular complexity index is 655. The van der Waals surface area contributed by atoms with Crippen LogP contribution < -0.4 is 10.6 Å². The van der Waals surface area contributed by atoms with Gasteiger partial charge in [0.15, 0.2) is 0 Å². The molecule has 0 unspecified atom stereocenters. The van der Waals surface area contributed by atoms with E-state index in [0.29, 0.717) is 26.2 Å². The smallest absolute Gasteiger partial charge is 0.475 e. The molecule has 1 aromatic carbocycles. The standard InChI is InChI=1S/C15H21N3O3.C2HF3O2/c1-2-17-14(19)13-10-16-8-9-18(13)15(20)21-11-12-6-4-3-5-7-12;3-2(4,5)1(6)7/h3-7,13,16H,2,8-11H2,1H3,(H,17,19);(H,6,7)/t13-;/m0./s1. The summed E-state index contributed by atoms with van der Waals surface area (Å²) in [5, 5.41) is 13.0. The number of hydrogen-bond donors (Lipinski definition) is 3. The Morgan fingerprint density at radius 3 is 2.43 bits per heavy atom. The van der Waals surface area contributed by atoms with Crippen LogP contribution in [0.2, 0.25) is 0 Å². The van der Waals surface area contributed by atoms with E-state index in [9.17, 15) is 22.8 Å². The zero-order chi connectivity index (χ0) is 21.2. The molecular weight excluding hydrogens is 383 g/mol. The maximum absolute atomic E-state index is 12.2. The summed E-state index contributed by atoms with van der Waals surface area (Å²) >= 11 is 0. The molecule has 1 atom stereocenters. The molecule has 0 aromatic heterocycles. The van der Waals surface area contributed by atoms with E-state index in [2.05, 4.69) is 10.6 Å². The van der Waals surface area contributed by atoms with Gasteiger partial charge in [-0.1, -0.05) is 30.3 Å². The normalized spacial score (nSPS) is 16.4. The highest BCUT2D eigenvalue weighted by molar-refractivity contribution is 5.86. The van der Waals surface area contributed by atoms with Crippen LogP contribution in [0.5, 0.6) is 0 Å². The average molecular weight is 405 g/mol. The lowest BCUT2D eigenvalue weighted by molar-refractivity contribution is -0.192. The van der Waals surface area contributed by atoms with Crippen molar-refractivity contribution in [3.8, 4) is 0 Å². The van der Waals surface area contributed by atoms with E-state index in [1.165, 1.54) is 4.90 Å². The van der Waals surface area contributed by atoms with Gasteiger partial charge in [-0.15, -0.1) is 0 Å². The van der Waals surface area contributed by atoms with E-state index in [0.717, 1.165) is 5.56 Å². The highest BCUT2D eigenvalue weighted by atomic mass is 19.4. The second-order valence-corrected chi connectivity index (χ2v) is 5.65. The minimum absolute atomic E-state index is 0.152. The summed E-state index contributed by atoms with van der Waals surface area (Å²) in [6.07, 6.45) is -5.53. The lowest BCUT2D eigenvalue weighted by Gasteiger charge is -2.34. The van der Waals surface area contributed by atoms with Crippen LogP contribution in [0.3, 0.4) is 0 Å². The molecule has 0 spiro atoms. The summed E-state index contributed by atoms with van der Waals surface area (Å²) in [7, 11) is 0. The number of aliphatic carboxylic acids is 1. The molecule has 2 rings (SSSR count). The van der Waals surface area contributed by atoms with Gasteiger partial charge in [0.2, 0.25) is 5.91 Å². The molecule has 3 N–H and O–H groups in total. The van der Waals surface area contributed by atoms with Crippen LogP contribution in [-0.2, 0) is 20.9 Å². The van der Waals surface area contributed by atoms with Gasteiger partial charge in [-0.05, 0) is 12.5 Å². The molecular formula is C17H22F3N3O5. The van der Waals surface area contributed by atoms with E-state index in [4.69, 9.17) is 14.6 Å². The Morgan fingerprint density at radius 1 is 1.29 bits per heavy atom. The summed E-state index contributed by atoms with van der Waals surface area (Å²) in [5.41, 5.74) is 0.926. The third-order valence-corrected chi connectivity index (χ3v) is 3.58. The monoisotopic (exact) mass is 405 g/mol. The van der Waals surface area contributed by atoms with Gasteiger partial charge in [0.05, 0.1) is 0 Å². The average Bonchev–Trinajstić information content (AvgIpc) is 2.67. The molecule has 1 saturated heterocycles. The Morgan fingerprint density at radius 2 is 1.89 bits per heavy atom. The minimum atomic E-state index is -5.08. The predicted octanol–water partition coefficient (Wildman–Crippen LogP) is 1.37. The number of rotatable bonds is 4. The van der Waals surface area contributed by atoms with Crippen LogP contribution in [0.15, 0.2) is 30.3 Å². The SMILES string of the molecule is CCNC(=O)[C@@H]1CNCCN1C(=O)OCc1ccccc1.O=C(O)C(F)(F)F. The summed E-state index contributed by atoms with van der Waals surface area (Å²) in [6, 6.07) is 8.98. The van der Waals surface area contributed by atoms with Crippen molar-refractivity contribution in [2.75, 3.05) is 26.2 Å². The number of hydrogen-bond acceptors (Lipinski definition) is 5. The predicted molar refractivity (Wildman–Crippen MR) is 92.4 cm³/mol. The number of nitrogens with one attached hydrogen (secondary N) is 2. The molecule has 1 aliphatic rings. The fourth-order valence-electron chi connectivity index (χ4n) is 2.25. The molecule has 0 bridgehead atoms. The first-order valence-corrected chi connectivity index (χ1v) is 8.42. The number of likely N-dealkylation sites (N-methyl/N-ethyl adjacent to an activating group) is 1. The highest BCUT2D eigenvalue weighted by Crippen LogP contribution is 2.13. The van der Waals surface area contributed by atoms with E-state index in [1.54, 1.807) is 0 Å². The number of piperazine rings is 1. The highest BCUT2D eigenvalue weighted by Gasteiger charge is 2.38. The molecule has 1 aliphatic heterocycles. The molecule has 0 saturated carbocycles. The summed E-state index contributed by atoms with van der Waals surface area (Å²) in [6.45, 7) is 4.19. The van der Waals surface area contributed by atoms with Gasteiger partial charge in [0.1, 0.15) is 12.6 Å². The van der Waals surface area contributed by atoms with Crippen LogP contribution in [0.1, 0.15) is 12.5 Å². The molecule has 0 aliphatic carbocycles. The van der Waals surface area contributed by atoms with Crippen molar-refractivity contribution in [3.63, 3.8) is 0 Å². The molecule has 1 aromatic rings. The van der Waals surface area contributed by atoms with E-state index < -0.39 is 24.3 Å². The van der Waals surface area contributed by atoms with Gasteiger partial charge in [-0.2, -0.15) is 13.2 Å². The first kappa shape index (κ1) is 23.2. The first-order chi connectivity index (χ1) is 13.2. The van der Waals surface area contributed by atoms with Crippen LogP contribution in [0.4, 0.5) is 18.0 Å². The van der Waals surface area contributed by atoms with E-state index >= 15 is 0 Å². The lowest BCUT2D eigenvalue weighted by Crippen LogP contribution is -2.59. The number of amides is 2. The molecule has 11 heteroatoms. The molecule has 28 heavy (non-hydrogen) atoms. The number of ether oxygens (including phenoxy) is 1. The Balaban J connectivity index is 0.000000480. The lowest BCUT2D eigenvalue weighted by atomic mass is 10.2. The van der Waals surface area contributed by atoms with Crippen molar-refractivity contribution in [3.05, 3.63) is 35.9 Å². The van der Waals surface area contributed by atoms with Crippen molar-refractivity contribution >= 4 is 18.0 Å². The fraction of sp³-hybridized carbons (Fsp3) is 0.471. The second kappa shape index (κ2) is 11.1. The molecule has 8 nitrogen and oxygen atoms in total. The summed E-state index contributed by atoms with van der Waals surface area (Å²) in [5.74, 6) is -2.91. The van der Waals surface area contributed by atoms with Crippen molar-refractivity contribution in [1.29, 1.82) is 0 Å². The third kappa shape index (κ3) is 7.82. The van der Waals surface area contributed by atoms with E-state index in [1.807, 2.05) is 37.3 Å². The van der Waals surface area contributed by atoms with Crippen LogP contribution >= 0.6 is 0 Å².